The maximum atomic E-state index is 10.9. The minimum Gasteiger partial charge on any atom is -0.352 e. The monoisotopic (exact) mass is 241 g/mol. The maximum Gasteiger partial charge on any atom is 0.217 e. The summed E-state index contributed by atoms with van der Waals surface area (Å²) in [6, 6.07) is 0.364. The van der Waals surface area contributed by atoms with Gasteiger partial charge in [0.15, 0.2) is 0 Å². The quantitative estimate of drug-likeness (QED) is 0.705. The molecule has 1 heterocycles. The van der Waals surface area contributed by atoms with Gasteiger partial charge < -0.3 is 15.5 Å². The van der Waals surface area contributed by atoms with Crippen molar-refractivity contribution < 1.29 is 4.79 Å². The first kappa shape index (κ1) is 14.5. The molecule has 0 saturated carbocycles. The molecule has 0 bridgehead atoms. The van der Waals surface area contributed by atoms with Gasteiger partial charge in [0.2, 0.25) is 5.91 Å². The molecule has 0 aliphatic carbocycles. The van der Waals surface area contributed by atoms with Crippen molar-refractivity contribution in [3.05, 3.63) is 0 Å². The van der Waals surface area contributed by atoms with E-state index < -0.39 is 0 Å². The van der Waals surface area contributed by atoms with Gasteiger partial charge >= 0.3 is 0 Å². The second kappa shape index (κ2) is 6.36. The first-order valence-corrected chi connectivity index (χ1v) is 6.61. The second-order valence-corrected chi connectivity index (χ2v) is 6.02. The highest BCUT2D eigenvalue weighted by atomic mass is 16.1. The average Bonchev–Trinajstić information content (AvgIpc) is 2.58. The molecule has 1 saturated heterocycles. The lowest BCUT2D eigenvalue weighted by Gasteiger charge is -2.22. The molecule has 0 aromatic heterocycles. The topological polar surface area (TPSA) is 44.4 Å². The molecule has 1 amide bonds. The normalized spacial score (nSPS) is 21.8. The number of likely N-dealkylation sites (tertiary alicyclic amines) is 1. The number of amides is 1. The summed E-state index contributed by atoms with van der Waals surface area (Å²) < 4.78 is 0. The fraction of sp³-hybridized carbons (Fsp3) is 0.923. The van der Waals surface area contributed by atoms with Gasteiger partial charge in [-0.2, -0.15) is 0 Å². The van der Waals surface area contributed by atoms with Crippen LogP contribution in [0.2, 0.25) is 0 Å². The number of nitrogens with zero attached hydrogens (tertiary/aromatic N) is 1. The number of carbonyl (C=O) groups is 1. The van der Waals surface area contributed by atoms with E-state index >= 15 is 0 Å². The smallest absolute Gasteiger partial charge is 0.217 e. The Labute approximate surface area is 105 Å². The lowest BCUT2D eigenvalue weighted by molar-refractivity contribution is -0.119. The molecular weight excluding hydrogens is 214 g/mol. The molecule has 0 radical (unpaired) electrons. The molecule has 0 aromatic carbocycles. The maximum absolute atomic E-state index is 10.9. The van der Waals surface area contributed by atoms with Crippen LogP contribution >= 0.6 is 0 Å². The largest absolute Gasteiger partial charge is 0.352 e. The van der Waals surface area contributed by atoms with Crippen molar-refractivity contribution >= 4 is 5.91 Å². The van der Waals surface area contributed by atoms with E-state index in [0.29, 0.717) is 6.04 Å². The number of hydrogen-bond acceptors (Lipinski definition) is 3. The predicted octanol–water partition coefficient (Wildman–Crippen LogP) is 0.975. The predicted molar refractivity (Wildman–Crippen MR) is 71.0 cm³/mol. The summed E-state index contributed by atoms with van der Waals surface area (Å²) in [5.41, 5.74) is 0.212. The second-order valence-electron chi connectivity index (χ2n) is 6.02. The van der Waals surface area contributed by atoms with Crippen molar-refractivity contribution in [1.82, 2.24) is 15.5 Å². The Morgan fingerprint density at radius 3 is 2.71 bits per heavy atom. The zero-order valence-corrected chi connectivity index (χ0v) is 11.7. The van der Waals surface area contributed by atoms with E-state index in [4.69, 9.17) is 0 Å². The van der Waals surface area contributed by atoms with Crippen molar-refractivity contribution in [3.8, 4) is 0 Å². The molecule has 17 heavy (non-hydrogen) atoms. The molecule has 1 unspecified atom stereocenters. The molecule has 1 rings (SSSR count). The number of carbonyl (C=O) groups excluding carboxylic acids is 1. The van der Waals surface area contributed by atoms with Crippen molar-refractivity contribution in [3.63, 3.8) is 0 Å². The van der Waals surface area contributed by atoms with Crippen LogP contribution in [0.25, 0.3) is 0 Å². The van der Waals surface area contributed by atoms with Gasteiger partial charge in [0.25, 0.3) is 0 Å². The molecule has 1 fully saturated rings. The van der Waals surface area contributed by atoms with Gasteiger partial charge in [-0.05, 0) is 46.7 Å². The zero-order valence-electron chi connectivity index (χ0n) is 11.7. The summed E-state index contributed by atoms with van der Waals surface area (Å²) in [5.74, 6) is 0.0891. The molecule has 1 aliphatic heterocycles. The summed E-state index contributed by atoms with van der Waals surface area (Å²) in [4.78, 5) is 13.4. The van der Waals surface area contributed by atoms with E-state index in [1.807, 2.05) is 0 Å². The van der Waals surface area contributed by atoms with Gasteiger partial charge in [-0.15, -0.1) is 0 Å². The molecule has 100 valence electrons. The van der Waals surface area contributed by atoms with E-state index in [0.717, 1.165) is 32.6 Å². The first-order valence-electron chi connectivity index (χ1n) is 6.61. The molecule has 4 nitrogen and oxygen atoms in total. The van der Waals surface area contributed by atoms with Gasteiger partial charge in [0.1, 0.15) is 0 Å². The highest BCUT2D eigenvalue weighted by Crippen LogP contribution is 2.09. The van der Waals surface area contributed by atoms with Crippen molar-refractivity contribution in [1.29, 1.82) is 0 Å². The molecular formula is C13H27N3O. The molecule has 1 aliphatic rings. The number of hydrogen-bond donors (Lipinski definition) is 2. The minimum atomic E-state index is 0.0891. The summed E-state index contributed by atoms with van der Waals surface area (Å²) in [6.07, 6.45) is 2.26. The Kier molecular flexibility index (Phi) is 5.40. The highest BCUT2D eigenvalue weighted by Gasteiger charge is 2.22. The van der Waals surface area contributed by atoms with E-state index in [1.165, 1.54) is 6.42 Å². The lowest BCUT2D eigenvalue weighted by atomic mass is 10.1. The van der Waals surface area contributed by atoms with E-state index in [1.54, 1.807) is 6.92 Å². The molecule has 4 heteroatoms. The van der Waals surface area contributed by atoms with Crippen LogP contribution in [0.3, 0.4) is 0 Å². The average molecular weight is 241 g/mol. The van der Waals surface area contributed by atoms with Crippen LogP contribution < -0.4 is 10.6 Å². The zero-order chi connectivity index (χ0) is 12.9. The van der Waals surface area contributed by atoms with E-state index in [-0.39, 0.29) is 11.4 Å². The van der Waals surface area contributed by atoms with Gasteiger partial charge in [0, 0.05) is 31.6 Å². The molecule has 0 aromatic rings. The van der Waals surface area contributed by atoms with E-state index in [2.05, 4.69) is 36.3 Å². The summed E-state index contributed by atoms with van der Waals surface area (Å²) in [5, 5.41) is 6.48. The Morgan fingerprint density at radius 2 is 2.12 bits per heavy atom. The van der Waals surface area contributed by atoms with E-state index in [9.17, 15) is 4.79 Å². The van der Waals surface area contributed by atoms with Crippen LogP contribution in [0.5, 0.6) is 0 Å². The third-order valence-electron chi connectivity index (χ3n) is 2.99. The summed E-state index contributed by atoms with van der Waals surface area (Å²) in [6.45, 7) is 12.5. The third-order valence-corrected chi connectivity index (χ3v) is 2.99. The molecule has 0 spiro atoms. The van der Waals surface area contributed by atoms with Gasteiger partial charge in [-0.1, -0.05) is 0 Å². The Morgan fingerprint density at radius 1 is 1.41 bits per heavy atom. The Balaban J connectivity index is 2.08. The summed E-state index contributed by atoms with van der Waals surface area (Å²) in [7, 11) is 0. The third kappa shape index (κ3) is 6.64. The van der Waals surface area contributed by atoms with Crippen molar-refractivity contribution in [2.75, 3.05) is 26.2 Å². The van der Waals surface area contributed by atoms with Crippen LogP contribution in [-0.2, 0) is 4.79 Å². The van der Waals surface area contributed by atoms with Crippen LogP contribution in [0.4, 0.5) is 0 Å². The van der Waals surface area contributed by atoms with Crippen LogP contribution in [0, 0.1) is 0 Å². The fourth-order valence-corrected chi connectivity index (χ4v) is 2.21. The van der Waals surface area contributed by atoms with Gasteiger partial charge in [-0.3, -0.25) is 4.79 Å². The first-order chi connectivity index (χ1) is 7.87. The molecule has 1 atom stereocenters. The Hall–Kier alpha value is -0.610. The van der Waals surface area contributed by atoms with Crippen LogP contribution in [0.15, 0.2) is 0 Å². The SMILES string of the molecule is CC(=O)NC1CCN(CCCNC(C)(C)C)C1. The lowest BCUT2D eigenvalue weighted by Crippen LogP contribution is -2.38. The van der Waals surface area contributed by atoms with Crippen LogP contribution in [0.1, 0.15) is 40.5 Å². The molecule has 2 N–H and O–H groups in total. The Bertz CT molecular complexity index is 248. The number of nitrogens with one attached hydrogen (secondary N) is 2. The van der Waals surface area contributed by atoms with Gasteiger partial charge in [0.05, 0.1) is 0 Å². The minimum absolute atomic E-state index is 0.0891. The standard InChI is InChI=1S/C13H27N3O/c1-11(17)15-12-6-9-16(10-12)8-5-7-14-13(2,3)4/h12,14H,5-10H2,1-4H3,(H,15,17). The van der Waals surface area contributed by atoms with Crippen LogP contribution in [-0.4, -0.2) is 48.6 Å². The summed E-state index contributed by atoms with van der Waals surface area (Å²) >= 11 is 0. The fourth-order valence-electron chi connectivity index (χ4n) is 2.21. The highest BCUT2D eigenvalue weighted by molar-refractivity contribution is 5.73. The van der Waals surface area contributed by atoms with Gasteiger partial charge in [-0.25, -0.2) is 0 Å². The van der Waals surface area contributed by atoms with Crippen molar-refractivity contribution in [2.45, 2.75) is 52.1 Å². The number of rotatable bonds is 5. The van der Waals surface area contributed by atoms with Crippen molar-refractivity contribution in [2.24, 2.45) is 0 Å².